The number of benzene rings is 1. The molecule has 1 aliphatic carbocycles. The molecular weight excluding hydrogens is 343 g/mol. The van der Waals surface area contributed by atoms with E-state index in [9.17, 15) is 4.39 Å². The summed E-state index contributed by atoms with van der Waals surface area (Å²) >= 11 is 0. The van der Waals surface area contributed by atoms with E-state index in [-0.39, 0.29) is 11.2 Å². The minimum Gasteiger partial charge on any atom is -0.382 e. The van der Waals surface area contributed by atoms with Gasteiger partial charge in [0.05, 0.1) is 11.2 Å². The Balaban J connectivity index is 1.49. The molecular formula is C20H21FN6. The summed E-state index contributed by atoms with van der Waals surface area (Å²) in [5.74, 6) is 0.767. The minimum absolute atomic E-state index is 0.176. The number of H-pyrrole nitrogens is 1. The molecule has 138 valence electrons. The van der Waals surface area contributed by atoms with E-state index in [1.54, 1.807) is 0 Å². The maximum atomic E-state index is 13.7. The molecule has 27 heavy (non-hydrogen) atoms. The van der Waals surface area contributed by atoms with Gasteiger partial charge in [-0.1, -0.05) is 18.7 Å². The van der Waals surface area contributed by atoms with Crippen LogP contribution in [-0.4, -0.2) is 26.9 Å². The Labute approximate surface area is 156 Å². The molecule has 4 rings (SSSR count). The van der Waals surface area contributed by atoms with E-state index in [1.807, 2.05) is 43.3 Å². The normalized spacial score (nSPS) is 15.7. The third kappa shape index (κ3) is 3.16. The van der Waals surface area contributed by atoms with Crippen LogP contribution in [0.4, 0.5) is 16.0 Å². The molecule has 6 nitrogen and oxygen atoms in total. The number of aromatic amines is 1. The number of fused-ring (bicyclic) bond motifs is 1. The topological polar surface area (TPSA) is 92.5 Å². The highest BCUT2D eigenvalue weighted by Crippen LogP contribution is 2.54. The number of allylic oxidation sites excluding steroid dienone is 2. The van der Waals surface area contributed by atoms with Gasteiger partial charge in [-0.05, 0) is 49.6 Å². The first kappa shape index (κ1) is 17.2. The molecule has 4 N–H and O–H groups in total. The van der Waals surface area contributed by atoms with Crippen LogP contribution in [0.1, 0.15) is 19.8 Å². The van der Waals surface area contributed by atoms with Gasteiger partial charge in [-0.3, -0.25) is 5.10 Å². The molecule has 0 aliphatic heterocycles. The fraction of sp³-hybridized carbons (Fsp3) is 0.250. The van der Waals surface area contributed by atoms with Crippen LogP contribution in [-0.2, 0) is 0 Å². The summed E-state index contributed by atoms with van der Waals surface area (Å²) in [6.45, 7) is 5.91. The third-order valence-corrected chi connectivity index (χ3v) is 5.17. The largest absolute Gasteiger partial charge is 0.382 e. The minimum atomic E-state index is -0.354. The first-order valence-corrected chi connectivity index (χ1v) is 8.85. The summed E-state index contributed by atoms with van der Waals surface area (Å²) in [5.41, 5.74) is 8.92. The van der Waals surface area contributed by atoms with Gasteiger partial charge < -0.3 is 11.1 Å². The number of halogens is 1. The summed E-state index contributed by atoms with van der Waals surface area (Å²) in [4.78, 5) is 0. The van der Waals surface area contributed by atoms with E-state index in [4.69, 9.17) is 5.73 Å². The van der Waals surface area contributed by atoms with Crippen molar-refractivity contribution in [2.24, 2.45) is 5.41 Å². The average Bonchev–Trinajstić information content (AvgIpc) is 3.36. The molecule has 0 bridgehead atoms. The van der Waals surface area contributed by atoms with Crippen molar-refractivity contribution in [2.75, 3.05) is 17.6 Å². The van der Waals surface area contributed by atoms with Gasteiger partial charge in [0.2, 0.25) is 0 Å². The molecule has 0 atom stereocenters. The number of nitrogens with one attached hydrogen (secondary N) is 2. The Morgan fingerprint density at radius 2 is 2.15 bits per heavy atom. The molecule has 7 heteroatoms. The summed E-state index contributed by atoms with van der Waals surface area (Å²) in [6.07, 6.45) is 3.70. The molecule has 1 fully saturated rings. The SMILES string of the molecule is C=C(F)/C(=C\C)C1(CNc2ccc(-c3ccc4[nH]nc(N)c4c3)nn2)CC1. The zero-order valence-electron chi connectivity index (χ0n) is 15.1. The van der Waals surface area contributed by atoms with Gasteiger partial charge in [0.25, 0.3) is 0 Å². The Morgan fingerprint density at radius 1 is 1.33 bits per heavy atom. The van der Waals surface area contributed by atoms with E-state index in [0.29, 0.717) is 23.8 Å². The van der Waals surface area contributed by atoms with Gasteiger partial charge in [0, 0.05) is 22.9 Å². The van der Waals surface area contributed by atoms with Gasteiger partial charge in [-0.15, -0.1) is 10.2 Å². The van der Waals surface area contributed by atoms with E-state index in [1.165, 1.54) is 0 Å². The lowest BCUT2D eigenvalue weighted by Crippen LogP contribution is -2.19. The number of rotatable bonds is 6. The summed E-state index contributed by atoms with van der Waals surface area (Å²) in [5, 5.41) is 19.6. The number of nitrogens with zero attached hydrogens (tertiary/aromatic N) is 3. The van der Waals surface area contributed by atoms with Crippen molar-refractivity contribution in [1.29, 1.82) is 0 Å². The van der Waals surface area contributed by atoms with Crippen molar-refractivity contribution in [3.8, 4) is 11.3 Å². The number of hydrogen-bond acceptors (Lipinski definition) is 5. The van der Waals surface area contributed by atoms with Crippen molar-refractivity contribution in [2.45, 2.75) is 19.8 Å². The second-order valence-corrected chi connectivity index (χ2v) is 6.91. The molecule has 2 aromatic heterocycles. The standard InChI is InChI=1S/C20H21FN6/c1-3-15(12(2)21)20(8-9-20)11-23-18-7-6-16(24-26-18)13-4-5-17-14(10-13)19(22)27-25-17/h3-7,10H,2,8-9,11H2,1H3,(H,23,26)(H3,22,25,27)/b15-3+. The average molecular weight is 364 g/mol. The fourth-order valence-electron chi connectivity index (χ4n) is 3.48. The highest BCUT2D eigenvalue weighted by atomic mass is 19.1. The van der Waals surface area contributed by atoms with Gasteiger partial charge in [0.1, 0.15) is 11.6 Å². The van der Waals surface area contributed by atoms with Crippen LogP contribution in [0.2, 0.25) is 0 Å². The number of aromatic nitrogens is 4. The predicted molar refractivity (Wildman–Crippen MR) is 106 cm³/mol. The van der Waals surface area contributed by atoms with Crippen LogP contribution in [0.15, 0.2) is 54.4 Å². The van der Waals surface area contributed by atoms with Crippen LogP contribution >= 0.6 is 0 Å². The molecule has 0 spiro atoms. The fourth-order valence-corrected chi connectivity index (χ4v) is 3.48. The molecule has 1 saturated carbocycles. The summed E-state index contributed by atoms with van der Waals surface area (Å²) in [7, 11) is 0. The van der Waals surface area contributed by atoms with Crippen LogP contribution < -0.4 is 11.1 Å². The van der Waals surface area contributed by atoms with E-state index in [2.05, 4.69) is 32.3 Å². The Kier molecular flexibility index (Phi) is 4.14. The van der Waals surface area contributed by atoms with Crippen LogP contribution in [0.25, 0.3) is 22.2 Å². The van der Waals surface area contributed by atoms with Crippen LogP contribution in [0.3, 0.4) is 0 Å². The first-order chi connectivity index (χ1) is 13.0. The molecule has 0 radical (unpaired) electrons. The molecule has 3 aromatic rings. The maximum absolute atomic E-state index is 13.7. The second-order valence-electron chi connectivity index (χ2n) is 6.91. The molecule has 0 unspecified atom stereocenters. The van der Waals surface area contributed by atoms with Crippen molar-refractivity contribution < 1.29 is 4.39 Å². The lowest BCUT2D eigenvalue weighted by atomic mass is 9.94. The lowest BCUT2D eigenvalue weighted by molar-refractivity contribution is 0.567. The molecule has 1 aromatic carbocycles. The molecule has 0 saturated heterocycles. The highest BCUT2D eigenvalue weighted by Gasteiger charge is 2.46. The quantitative estimate of drug-likeness (QED) is 0.569. The van der Waals surface area contributed by atoms with Gasteiger partial charge >= 0.3 is 0 Å². The summed E-state index contributed by atoms with van der Waals surface area (Å²) < 4.78 is 13.7. The van der Waals surface area contributed by atoms with Crippen molar-refractivity contribution in [3.63, 3.8) is 0 Å². The van der Waals surface area contributed by atoms with Crippen molar-refractivity contribution in [1.82, 2.24) is 20.4 Å². The van der Waals surface area contributed by atoms with E-state index >= 15 is 0 Å². The first-order valence-electron chi connectivity index (χ1n) is 8.85. The maximum Gasteiger partial charge on any atom is 0.153 e. The van der Waals surface area contributed by atoms with Crippen LogP contribution in [0.5, 0.6) is 0 Å². The van der Waals surface area contributed by atoms with Crippen molar-refractivity contribution >= 4 is 22.5 Å². The predicted octanol–water partition coefficient (Wildman–Crippen LogP) is 4.22. The van der Waals surface area contributed by atoms with Crippen LogP contribution in [0, 0.1) is 5.41 Å². The number of nitrogens with two attached hydrogens (primary N) is 1. The number of hydrogen-bond donors (Lipinski definition) is 3. The Bertz CT molecular complexity index is 1030. The number of anilines is 2. The molecule has 0 amide bonds. The molecule has 2 heterocycles. The monoisotopic (exact) mass is 364 g/mol. The zero-order valence-corrected chi connectivity index (χ0v) is 15.1. The molecule has 1 aliphatic rings. The Hall–Kier alpha value is -3.22. The Morgan fingerprint density at radius 3 is 2.78 bits per heavy atom. The smallest absolute Gasteiger partial charge is 0.153 e. The summed E-state index contributed by atoms with van der Waals surface area (Å²) in [6, 6.07) is 9.58. The van der Waals surface area contributed by atoms with Gasteiger partial charge in [0.15, 0.2) is 5.82 Å². The van der Waals surface area contributed by atoms with E-state index < -0.39 is 0 Å². The third-order valence-electron chi connectivity index (χ3n) is 5.17. The zero-order chi connectivity index (χ0) is 19.0. The second kappa shape index (κ2) is 6.50. The lowest BCUT2D eigenvalue weighted by Gasteiger charge is -2.18. The van der Waals surface area contributed by atoms with Gasteiger partial charge in [-0.25, -0.2) is 4.39 Å². The van der Waals surface area contributed by atoms with Gasteiger partial charge in [-0.2, -0.15) is 5.10 Å². The van der Waals surface area contributed by atoms with Crippen molar-refractivity contribution in [3.05, 3.63) is 54.4 Å². The van der Waals surface area contributed by atoms with E-state index in [0.717, 1.165) is 35.0 Å². The highest BCUT2D eigenvalue weighted by molar-refractivity contribution is 5.91. The number of nitrogen functional groups attached to an aromatic ring is 1.